The van der Waals surface area contributed by atoms with E-state index in [0.717, 1.165) is 18.1 Å². The van der Waals surface area contributed by atoms with Gasteiger partial charge in [-0.2, -0.15) is 0 Å². The lowest BCUT2D eigenvalue weighted by Crippen LogP contribution is -2.29. The molecule has 0 amide bonds. The van der Waals surface area contributed by atoms with E-state index in [1.54, 1.807) is 0 Å². The molecule has 94 valence electrons. The maximum Gasteiger partial charge on any atom is 0.0888 e. The van der Waals surface area contributed by atoms with Crippen LogP contribution < -0.4 is 0 Å². The first kappa shape index (κ1) is 14.5. The zero-order chi connectivity index (χ0) is 13.3. The molecule has 0 saturated carbocycles. The molecular formula is C17H22Si. The van der Waals surface area contributed by atoms with Gasteiger partial charge in [0, 0.05) is 0 Å². The third-order valence-electron chi connectivity index (χ3n) is 3.08. The van der Waals surface area contributed by atoms with Crippen LogP contribution in [-0.2, 0) is 0 Å². The number of hydrogen-bond acceptors (Lipinski definition) is 0. The van der Waals surface area contributed by atoms with Crippen molar-refractivity contribution in [2.75, 3.05) is 0 Å². The average molecular weight is 254 g/mol. The van der Waals surface area contributed by atoms with Gasteiger partial charge in [-0.25, -0.2) is 0 Å². The molecule has 0 unspecified atom stereocenters. The fourth-order valence-electron chi connectivity index (χ4n) is 2.15. The highest BCUT2D eigenvalue weighted by molar-refractivity contribution is 6.86. The Morgan fingerprint density at radius 2 is 1.33 bits per heavy atom. The van der Waals surface area contributed by atoms with E-state index >= 15 is 0 Å². The summed E-state index contributed by atoms with van der Waals surface area (Å²) in [4.78, 5) is 0. The maximum atomic E-state index is 3.90. The predicted molar refractivity (Wildman–Crippen MR) is 86.2 cm³/mol. The molecule has 0 aromatic heterocycles. The highest BCUT2D eigenvalue weighted by Crippen LogP contribution is 2.25. The third kappa shape index (κ3) is 4.34. The van der Waals surface area contributed by atoms with Crippen molar-refractivity contribution in [3.63, 3.8) is 0 Å². The molecule has 0 atom stereocenters. The van der Waals surface area contributed by atoms with Crippen molar-refractivity contribution in [3.8, 4) is 0 Å². The lowest BCUT2D eigenvalue weighted by Gasteiger charge is -2.24. The Labute approximate surface area is 112 Å². The lowest BCUT2D eigenvalue weighted by atomic mass is 10.2. The van der Waals surface area contributed by atoms with E-state index in [4.69, 9.17) is 0 Å². The SMILES string of the molecule is C=CC[Si](C=Cc1ccccc1)(CC=C)CC=C. The molecule has 0 fully saturated rings. The Morgan fingerprint density at radius 3 is 1.78 bits per heavy atom. The molecule has 0 aliphatic heterocycles. The first-order valence-corrected chi connectivity index (χ1v) is 9.03. The summed E-state index contributed by atoms with van der Waals surface area (Å²) >= 11 is 0. The van der Waals surface area contributed by atoms with Crippen molar-refractivity contribution in [2.45, 2.75) is 18.1 Å². The van der Waals surface area contributed by atoms with Crippen molar-refractivity contribution in [3.05, 3.63) is 79.6 Å². The number of benzene rings is 1. The minimum atomic E-state index is -1.51. The summed E-state index contributed by atoms with van der Waals surface area (Å²) < 4.78 is 0. The van der Waals surface area contributed by atoms with Crippen LogP contribution in [0.5, 0.6) is 0 Å². The van der Waals surface area contributed by atoms with Gasteiger partial charge >= 0.3 is 0 Å². The molecule has 0 aliphatic carbocycles. The molecular weight excluding hydrogens is 232 g/mol. The van der Waals surface area contributed by atoms with Crippen molar-refractivity contribution in [1.82, 2.24) is 0 Å². The molecule has 0 radical (unpaired) electrons. The van der Waals surface area contributed by atoms with Gasteiger partial charge in [-0.1, -0.05) is 60.3 Å². The van der Waals surface area contributed by atoms with Gasteiger partial charge < -0.3 is 0 Å². The highest BCUT2D eigenvalue weighted by Gasteiger charge is 2.25. The van der Waals surface area contributed by atoms with Crippen LogP contribution in [0.25, 0.3) is 6.08 Å². The third-order valence-corrected chi connectivity index (χ3v) is 7.26. The molecule has 0 heterocycles. The van der Waals surface area contributed by atoms with Crippen molar-refractivity contribution in [2.24, 2.45) is 0 Å². The Hall–Kier alpha value is -1.60. The molecule has 1 heteroatoms. The zero-order valence-corrected chi connectivity index (χ0v) is 12.0. The van der Waals surface area contributed by atoms with Crippen LogP contribution in [0, 0.1) is 0 Å². The molecule has 18 heavy (non-hydrogen) atoms. The molecule has 1 aromatic carbocycles. The van der Waals surface area contributed by atoms with Gasteiger partial charge in [0.15, 0.2) is 0 Å². The Bertz CT molecular complexity index is 388. The molecule has 0 nitrogen and oxygen atoms in total. The Kier molecular flexibility index (Phi) is 6.16. The largest absolute Gasteiger partial charge is 0.103 e. The molecule has 0 N–H and O–H groups in total. The van der Waals surface area contributed by atoms with Crippen LogP contribution in [-0.4, -0.2) is 8.07 Å². The van der Waals surface area contributed by atoms with Crippen LogP contribution in [0.15, 0.2) is 74.0 Å². The highest BCUT2D eigenvalue weighted by atomic mass is 28.3. The summed E-state index contributed by atoms with van der Waals surface area (Å²) in [7, 11) is -1.51. The van der Waals surface area contributed by atoms with Gasteiger partial charge in [0.25, 0.3) is 0 Å². The van der Waals surface area contributed by atoms with Crippen LogP contribution in [0.3, 0.4) is 0 Å². The van der Waals surface area contributed by atoms with Gasteiger partial charge in [-0.15, -0.1) is 19.7 Å². The molecule has 0 aliphatic rings. The van der Waals surface area contributed by atoms with E-state index in [2.05, 4.69) is 55.8 Å². The average Bonchev–Trinajstić information content (AvgIpc) is 2.39. The van der Waals surface area contributed by atoms with Gasteiger partial charge in [-0.05, 0) is 23.7 Å². The molecule has 0 saturated heterocycles. The monoisotopic (exact) mass is 254 g/mol. The normalized spacial score (nSPS) is 11.3. The smallest absolute Gasteiger partial charge is 0.0888 e. The van der Waals surface area contributed by atoms with Crippen LogP contribution in [0.2, 0.25) is 18.1 Å². The first-order valence-electron chi connectivity index (χ1n) is 6.33. The van der Waals surface area contributed by atoms with E-state index in [-0.39, 0.29) is 0 Å². The molecule has 1 aromatic rings. The van der Waals surface area contributed by atoms with Gasteiger partial charge in [0.2, 0.25) is 0 Å². The van der Waals surface area contributed by atoms with Crippen molar-refractivity contribution in [1.29, 1.82) is 0 Å². The molecule has 0 bridgehead atoms. The van der Waals surface area contributed by atoms with Gasteiger partial charge in [0.05, 0.1) is 8.07 Å². The minimum Gasteiger partial charge on any atom is -0.103 e. The van der Waals surface area contributed by atoms with Crippen LogP contribution >= 0.6 is 0 Å². The predicted octanol–water partition coefficient (Wildman–Crippen LogP) is 5.25. The van der Waals surface area contributed by atoms with Crippen LogP contribution in [0.1, 0.15) is 5.56 Å². The maximum absolute atomic E-state index is 3.90. The lowest BCUT2D eigenvalue weighted by molar-refractivity contribution is 1.39. The second-order valence-corrected chi connectivity index (χ2v) is 8.87. The summed E-state index contributed by atoms with van der Waals surface area (Å²) in [5.41, 5.74) is 3.67. The second kappa shape index (κ2) is 7.67. The summed E-state index contributed by atoms with van der Waals surface area (Å²) in [6, 6.07) is 13.7. The molecule has 0 spiro atoms. The quantitative estimate of drug-likeness (QED) is 0.439. The van der Waals surface area contributed by atoms with Gasteiger partial charge in [-0.3, -0.25) is 0 Å². The van der Waals surface area contributed by atoms with E-state index in [0.29, 0.717) is 0 Å². The number of allylic oxidation sites excluding steroid dienone is 3. The first-order chi connectivity index (χ1) is 8.76. The Morgan fingerprint density at radius 1 is 0.833 bits per heavy atom. The number of hydrogen-bond donors (Lipinski definition) is 0. The Balaban J connectivity index is 2.94. The summed E-state index contributed by atoms with van der Waals surface area (Å²) in [6.07, 6.45) is 8.35. The topological polar surface area (TPSA) is 0 Å². The van der Waals surface area contributed by atoms with E-state index in [9.17, 15) is 0 Å². The summed E-state index contributed by atoms with van der Waals surface area (Å²) in [5.74, 6) is 0. The van der Waals surface area contributed by atoms with E-state index < -0.39 is 8.07 Å². The van der Waals surface area contributed by atoms with E-state index in [1.807, 2.05) is 24.3 Å². The minimum absolute atomic E-state index is 1.08. The molecule has 1 rings (SSSR count). The van der Waals surface area contributed by atoms with Crippen molar-refractivity contribution >= 4 is 14.1 Å². The van der Waals surface area contributed by atoms with Crippen LogP contribution in [0.4, 0.5) is 0 Å². The fourth-order valence-corrected chi connectivity index (χ4v) is 5.33. The fraction of sp³-hybridized carbons (Fsp3) is 0.176. The summed E-state index contributed by atoms with van der Waals surface area (Å²) in [5, 5.41) is 0. The second-order valence-electron chi connectivity index (χ2n) is 4.58. The summed E-state index contributed by atoms with van der Waals surface area (Å²) in [6.45, 7) is 11.7. The number of rotatable bonds is 8. The van der Waals surface area contributed by atoms with E-state index in [1.165, 1.54) is 5.56 Å². The standard InChI is InChI=1S/C17H22Si/c1-4-13-18(14-5-2,15-6-3)16-12-17-10-8-7-9-11-17/h4-12,16H,1-3,13-15H2. The van der Waals surface area contributed by atoms with Crippen molar-refractivity contribution < 1.29 is 0 Å². The van der Waals surface area contributed by atoms with Gasteiger partial charge in [0.1, 0.15) is 0 Å². The zero-order valence-electron chi connectivity index (χ0n) is 11.0.